The van der Waals surface area contributed by atoms with Crippen LogP contribution in [-0.2, 0) is 0 Å². The summed E-state index contributed by atoms with van der Waals surface area (Å²) in [6, 6.07) is 5.86. The van der Waals surface area contributed by atoms with E-state index in [4.69, 9.17) is 0 Å². The van der Waals surface area contributed by atoms with Gasteiger partial charge >= 0.3 is 0 Å². The Morgan fingerprint density at radius 1 is 1.30 bits per heavy atom. The first-order valence-corrected chi connectivity index (χ1v) is 8.16. The third-order valence-corrected chi connectivity index (χ3v) is 5.40. The van der Waals surface area contributed by atoms with E-state index in [0.29, 0.717) is 0 Å². The molecule has 2 aliphatic carbocycles. The molecular weight excluding hydrogens is 249 g/mol. The minimum Gasteiger partial charge on any atom is -0.310 e. The zero-order valence-electron chi connectivity index (χ0n) is 12.7. The van der Waals surface area contributed by atoms with Crippen LogP contribution in [0.25, 0.3) is 0 Å². The summed E-state index contributed by atoms with van der Waals surface area (Å²) in [4.78, 5) is 0. The maximum Gasteiger partial charge on any atom is 0.128 e. The molecule has 4 unspecified atom stereocenters. The highest BCUT2D eigenvalue weighted by Crippen LogP contribution is 2.51. The van der Waals surface area contributed by atoms with E-state index in [1.165, 1.54) is 25.7 Å². The SMILES string of the molecule is CCNC(CC1CC2CCC1C2)c1ccc(C)cc1F. The lowest BCUT2D eigenvalue weighted by molar-refractivity contribution is 0.278. The van der Waals surface area contributed by atoms with Crippen LogP contribution < -0.4 is 5.32 Å². The second-order valence-corrected chi connectivity index (χ2v) is 6.81. The van der Waals surface area contributed by atoms with Gasteiger partial charge in [-0.3, -0.25) is 0 Å². The van der Waals surface area contributed by atoms with E-state index in [9.17, 15) is 4.39 Å². The van der Waals surface area contributed by atoms with Crippen molar-refractivity contribution in [1.82, 2.24) is 5.32 Å². The zero-order chi connectivity index (χ0) is 14.1. The summed E-state index contributed by atoms with van der Waals surface area (Å²) in [6.07, 6.45) is 6.76. The third kappa shape index (κ3) is 2.76. The molecule has 2 saturated carbocycles. The van der Waals surface area contributed by atoms with Gasteiger partial charge in [-0.05, 0) is 68.5 Å². The van der Waals surface area contributed by atoms with Gasteiger partial charge in [-0.1, -0.05) is 25.5 Å². The molecule has 20 heavy (non-hydrogen) atoms. The van der Waals surface area contributed by atoms with Crippen molar-refractivity contribution in [2.24, 2.45) is 17.8 Å². The molecule has 4 atom stereocenters. The van der Waals surface area contributed by atoms with Gasteiger partial charge in [0.15, 0.2) is 0 Å². The molecule has 2 heteroatoms. The van der Waals surface area contributed by atoms with Crippen LogP contribution in [0.5, 0.6) is 0 Å². The van der Waals surface area contributed by atoms with E-state index in [2.05, 4.69) is 12.2 Å². The van der Waals surface area contributed by atoms with Gasteiger partial charge < -0.3 is 5.32 Å². The summed E-state index contributed by atoms with van der Waals surface area (Å²) in [5, 5.41) is 3.51. The van der Waals surface area contributed by atoms with Gasteiger partial charge in [0.1, 0.15) is 5.82 Å². The van der Waals surface area contributed by atoms with Crippen LogP contribution in [0.15, 0.2) is 18.2 Å². The molecule has 1 N–H and O–H groups in total. The van der Waals surface area contributed by atoms with Crippen LogP contribution in [0.1, 0.15) is 56.2 Å². The van der Waals surface area contributed by atoms with Gasteiger partial charge in [-0.25, -0.2) is 4.39 Å². The standard InChI is InChI=1S/C18H26FN/c1-3-20-18(16-7-4-12(2)8-17(16)19)11-15-10-13-5-6-14(15)9-13/h4,7-8,13-15,18,20H,3,5-6,9-11H2,1-2H3. The molecule has 1 aromatic carbocycles. The molecule has 1 nitrogen and oxygen atoms in total. The summed E-state index contributed by atoms with van der Waals surface area (Å²) >= 11 is 0. The molecule has 1 aromatic rings. The number of nitrogens with one attached hydrogen (secondary N) is 1. The number of hydrogen-bond acceptors (Lipinski definition) is 1. The first kappa shape index (κ1) is 14.1. The normalized spacial score (nSPS) is 29.9. The van der Waals surface area contributed by atoms with Gasteiger partial charge in [0.05, 0.1) is 0 Å². The molecule has 2 aliphatic rings. The first-order valence-electron chi connectivity index (χ1n) is 8.16. The van der Waals surface area contributed by atoms with Crippen molar-refractivity contribution in [2.45, 2.75) is 52.0 Å². The predicted molar refractivity (Wildman–Crippen MR) is 81.1 cm³/mol. The average Bonchev–Trinajstić information content (AvgIpc) is 3.00. The quantitative estimate of drug-likeness (QED) is 0.827. The predicted octanol–water partition coefficient (Wildman–Crippen LogP) is 4.61. The van der Waals surface area contributed by atoms with Gasteiger partial charge in [0.25, 0.3) is 0 Å². The number of hydrogen-bond donors (Lipinski definition) is 1. The molecule has 0 aliphatic heterocycles. The van der Waals surface area contributed by atoms with Crippen LogP contribution in [0.4, 0.5) is 4.39 Å². The van der Waals surface area contributed by atoms with Crippen LogP contribution >= 0.6 is 0 Å². The molecular formula is C18H26FN. The van der Waals surface area contributed by atoms with Crippen molar-refractivity contribution < 1.29 is 4.39 Å². The van der Waals surface area contributed by atoms with Crippen LogP contribution in [0.3, 0.4) is 0 Å². The number of rotatable bonds is 5. The Labute approximate surface area is 122 Å². The summed E-state index contributed by atoms with van der Waals surface area (Å²) in [5.74, 6) is 2.64. The average molecular weight is 275 g/mol. The van der Waals surface area contributed by atoms with E-state index < -0.39 is 0 Å². The highest BCUT2D eigenvalue weighted by molar-refractivity contribution is 5.26. The van der Waals surface area contributed by atoms with Crippen LogP contribution in [0, 0.1) is 30.5 Å². The molecule has 0 saturated heterocycles. The molecule has 110 valence electrons. The highest BCUT2D eigenvalue weighted by Gasteiger charge is 2.40. The molecule has 0 aromatic heterocycles. The maximum atomic E-state index is 14.2. The van der Waals surface area contributed by atoms with Crippen molar-refractivity contribution in [3.8, 4) is 0 Å². The maximum absolute atomic E-state index is 14.2. The fourth-order valence-electron chi connectivity index (χ4n) is 4.45. The van der Waals surface area contributed by atoms with Gasteiger partial charge in [-0.15, -0.1) is 0 Å². The van der Waals surface area contributed by atoms with E-state index >= 15 is 0 Å². The fraction of sp³-hybridized carbons (Fsp3) is 0.667. The Morgan fingerprint density at radius 2 is 2.15 bits per heavy atom. The second kappa shape index (κ2) is 5.85. The van der Waals surface area contributed by atoms with Crippen LogP contribution in [-0.4, -0.2) is 6.54 Å². The van der Waals surface area contributed by atoms with E-state index in [1.807, 2.05) is 19.1 Å². The van der Waals surface area contributed by atoms with Gasteiger partial charge in [0, 0.05) is 11.6 Å². The lowest BCUT2D eigenvalue weighted by atomic mass is 9.82. The Hall–Kier alpha value is -0.890. The van der Waals surface area contributed by atoms with Crippen molar-refractivity contribution in [2.75, 3.05) is 6.54 Å². The minimum absolute atomic E-state index is 0.0425. The van der Waals surface area contributed by atoms with Gasteiger partial charge in [0.2, 0.25) is 0 Å². The van der Waals surface area contributed by atoms with Gasteiger partial charge in [-0.2, -0.15) is 0 Å². The fourth-order valence-corrected chi connectivity index (χ4v) is 4.45. The molecule has 0 amide bonds. The summed E-state index contributed by atoms with van der Waals surface area (Å²) in [7, 11) is 0. The van der Waals surface area contributed by atoms with E-state index in [0.717, 1.165) is 41.8 Å². The lowest BCUT2D eigenvalue weighted by Crippen LogP contribution is -2.26. The number of benzene rings is 1. The van der Waals surface area contributed by atoms with Crippen molar-refractivity contribution >= 4 is 0 Å². The summed E-state index contributed by atoms with van der Waals surface area (Å²) < 4.78 is 14.2. The van der Waals surface area contributed by atoms with Crippen molar-refractivity contribution in [1.29, 1.82) is 0 Å². The Morgan fingerprint density at radius 3 is 2.75 bits per heavy atom. The molecule has 2 fully saturated rings. The zero-order valence-corrected chi connectivity index (χ0v) is 12.7. The minimum atomic E-state index is -0.0425. The lowest BCUT2D eigenvalue weighted by Gasteiger charge is -2.28. The third-order valence-electron chi connectivity index (χ3n) is 5.40. The van der Waals surface area contributed by atoms with E-state index in [1.54, 1.807) is 6.07 Å². The Bertz CT molecular complexity index is 470. The topological polar surface area (TPSA) is 12.0 Å². The number of halogens is 1. The largest absolute Gasteiger partial charge is 0.310 e. The number of aryl methyl sites for hydroxylation is 1. The summed E-state index contributed by atoms with van der Waals surface area (Å²) in [5.41, 5.74) is 1.86. The first-order chi connectivity index (χ1) is 9.67. The Kier molecular flexibility index (Phi) is 4.11. The molecule has 2 bridgehead atoms. The van der Waals surface area contributed by atoms with E-state index in [-0.39, 0.29) is 11.9 Å². The Balaban J connectivity index is 1.75. The number of fused-ring (bicyclic) bond motifs is 2. The molecule has 3 rings (SSSR count). The van der Waals surface area contributed by atoms with Crippen LogP contribution in [0.2, 0.25) is 0 Å². The van der Waals surface area contributed by atoms with Crippen molar-refractivity contribution in [3.05, 3.63) is 35.1 Å². The smallest absolute Gasteiger partial charge is 0.128 e. The second-order valence-electron chi connectivity index (χ2n) is 6.81. The molecule has 0 heterocycles. The monoisotopic (exact) mass is 275 g/mol. The highest BCUT2D eigenvalue weighted by atomic mass is 19.1. The summed E-state index contributed by atoms with van der Waals surface area (Å²) in [6.45, 7) is 4.96. The molecule has 0 radical (unpaired) electrons. The molecule has 0 spiro atoms. The van der Waals surface area contributed by atoms with Crippen molar-refractivity contribution in [3.63, 3.8) is 0 Å².